The molecule has 0 radical (unpaired) electrons. The summed E-state index contributed by atoms with van der Waals surface area (Å²) in [6, 6.07) is 0. The highest BCUT2D eigenvalue weighted by Gasteiger charge is 2.43. The molecule has 0 atom stereocenters. The number of aliphatic carboxylic acids is 1. The Morgan fingerprint density at radius 2 is 1.93 bits per heavy atom. The molecule has 1 aliphatic heterocycles. The molecule has 1 rings (SSSR count). The molecule has 1 amide bonds. The van der Waals surface area contributed by atoms with Crippen molar-refractivity contribution in [2.45, 2.75) is 18.4 Å². The monoisotopic (exact) mass is 326 g/mol. The molecule has 0 unspecified atom stereocenters. The first-order chi connectivity index (χ1) is 6.96. The molecule has 6 nitrogen and oxygen atoms in total. The number of carbonyl (C=O) groups is 3. The fourth-order valence-corrected chi connectivity index (χ4v) is 1.72. The highest BCUT2D eigenvalue weighted by atomic mass is 127. The van der Waals surface area contributed by atoms with E-state index in [-0.39, 0.29) is 16.6 Å². The summed E-state index contributed by atoms with van der Waals surface area (Å²) in [5.74, 6) is -1.42. The number of nitrogens with one attached hydrogen (secondary N) is 2. The summed E-state index contributed by atoms with van der Waals surface area (Å²) in [6.07, 6.45) is -0.314. The van der Waals surface area contributed by atoms with Crippen molar-refractivity contribution in [2.75, 3.05) is 13.1 Å². The molecule has 0 aliphatic carbocycles. The van der Waals surface area contributed by atoms with Crippen molar-refractivity contribution in [3.05, 3.63) is 0 Å². The van der Waals surface area contributed by atoms with Gasteiger partial charge in [0.2, 0.25) is 9.70 Å². The van der Waals surface area contributed by atoms with Gasteiger partial charge in [-0.15, -0.1) is 0 Å². The van der Waals surface area contributed by atoms with E-state index in [0.29, 0.717) is 13.1 Å². The van der Waals surface area contributed by atoms with E-state index in [2.05, 4.69) is 10.6 Å². The van der Waals surface area contributed by atoms with Crippen molar-refractivity contribution < 1.29 is 19.5 Å². The Balaban J connectivity index is 2.42. The smallest absolute Gasteiger partial charge is 0.303 e. The van der Waals surface area contributed by atoms with Crippen LogP contribution in [0, 0.1) is 0 Å². The minimum atomic E-state index is -1.02. The van der Waals surface area contributed by atoms with Crippen LogP contribution in [-0.2, 0) is 14.4 Å². The van der Waals surface area contributed by atoms with Crippen molar-refractivity contribution in [3.63, 3.8) is 0 Å². The Morgan fingerprint density at radius 3 is 2.27 bits per heavy atom. The highest BCUT2D eigenvalue weighted by molar-refractivity contribution is 14.1. The van der Waals surface area contributed by atoms with Gasteiger partial charge in [0.15, 0.2) is 0 Å². The van der Waals surface area contributed by atoms with Gasteiger partial charge in [-0.25, -0.2) is 0 Å². The molecule has 0 spiro atoms. The Kier molecular flexibility index (Phi) is 4.03. The summed E-state index contributed by atoms with van der Waals surface area (Å²) in [5.41, 5.74) is -0.823. The van der Waals surface area contributed by atoms with Gasteiger partial charge in [-0.1, -0.05) is 0 Å². The van der Waals surface area contributed by atoms with Gasteiger partial charge in [0.1, 0.15) is 5.54 Å². The average molecular weight is 326 g/mol. The van der Waals surface area contributed by atoms with Crippen molar-refractivity contribution in [2.24, 2.45) is 0 Å². The lowest BCUT2D eigenvalue weighted by molar-refractivity contribution is -0.139. The second-order valence-corrected chi connectivity index (χ2v) is 4.38. The van der Waals surface area contributed by atoms with E-state index in [1.807, 2.05) is 0 Å². The predicted octanol–water partition coefficient (Wildman–Crippen LogP) is -0.729. The van der Waals surface area contributed by atoms with Crippen molar-refractivity contribution in [1.82, 2.24) is 10.6 Å². The Hall–Kier alpha value is -0.700. The van der Waals surface area contributed by atoms with Gasteiger partial charge in [0.05, 0.1) is 6.42 Å². The summed E-state index contributed by atoms with van der Waals surface area (Å²) in [6.45, 7) is 0.821. The molecule has 0 saturated carbocycles. The SMILES string of the molecule is O=C(O)CCC(=O)NC1(C(=O)I)CNC1. The standard InChI is InChI=1S/C8H11IN2O4/c9-7(15)8(3-10-4-8)11-5(12)1-2-6(13)14/h10H,1-4H2,(H,11,12)(H,13,14). The first-order valence-electron chi connectivity index (χ1n) is 4.40. The van der Waals surface area contributed by atoms with E-state index in [1.165, 1.54) is 0 Å². The molecule has 1 saturated heterocycles. The molecule has 84 valence electrons. The lowest BCUT2D eigenvalue weighted by Gasteiger charge is -2.40. The van der Waals surface area contributed by atoms with Crippen LogP contribution in [0.25, 0.3) is 0 Å². The maximum Gasteiger partial charge on any atom is 0.303 e. The Labute approximate surface area is 99.9 Å². The number of carboxylic acids is 1. The lowest BCUT2D eigenvalue weighted by Crippen LogP contribution is -2.72. The van der Waals surface area contributed by atoms with Crippen LogP contribution in [0.3, 0.4) is 0 Å². The van der Waals surface area contributed by atoms with E-state index >= 15 is 0 Å². The van der Waals surface area contributed by atoms with E-state index in [0.717, 1.165) is 0 Å². The number of hydrogen-bond donors (Lipinski definition) is 3. The first-order valence-corrected chi connectivity index (χ1v) is 5.48. The second kappa shape index (κ2) is 4.88. The van der Waals surface area contributed by atoms with Crippen LogP contribution in [0.2, 0.25) is 0 Å². The highest BCUT2D eigenvalue weighted by Crippen LogP contribution is 2.16. The first kappa shape index (κ1) is 12.4. The van der Waals surface area contributed by atoms with Gasteiger partial charge in [0, 0.05) is 42.1 Å². The van der Waals surface area contributed by atoms with E-state index in [4.69, 9.17) is 5.11 Å². The molecule has 3 N–H and O–H groups in total. The number of rotatable bonds is 5. The van der Waals surface area contributed by atoms with Crippen molar-refractivity contribution in [1.29, 1.82) is 0 Å². The van der Waals surface area contributed by atoms with Crippen LogP contribution in [0.5, 0.6) is 0 Å². The number of carboxylic acid groups (broad SMARTS) is 1. The zero-order valence-electron chi connectivity index (χ0n) is 7.88. The van der Waals surface area contributed by atoms with Gasteiger partial charge >= 0.3 is 5.97 Å². The van der Waals surface area contributed by atoms with Gasteiger partial charge in [0.25, 0.3) is 0 Å². The molecule has 0 aromatic carbocycles. The normalized spacial score (nSPS) is 17.7. The molecule has 0 bridgehead atoms. The number of carbonyl (C=O) groups excluding carboxylic acids is 2. The topological polar surface area (TPSA) is 95.5 Å². The molecular weight excluding hydrogens is 315 g/mol. The minimum Gasteiger partial charge on any atom is -0.481 e. The van der Waals surface area contributed by atoms with Crippen LogP contribution in [-0.4, -0.2) is 39.4 Å². The Bertz CT molecular complexity index is 301. The molecule has 1 heterocycles. The quantitative estimate of drug-likeness (QED) is 0.457. The van der Waals surface area contributed by atoms with E-state index in [9.17, 15) is 14.4 Å². The van der Waals surface area contributed by atoms with Crippen LogP contribution in [0.15, 0.2) is 0 Å². The van der Waals surface area contributed by atoms with Crippen LogP contribution >= 0.6 is 22.6 Å². The largest absolute Gasteiger partial charge is 0.481 e. The van der Waals surface area contributed by atoms with Crippen molar-refractivity contribution in [3.8, 4) is 0 Å². The lowest BCUT2D eigenvalue weighted by atomic mass is 9.94. The van der Waals surface area contributed by atoms with E-state index < -0.39 is 17.4 Å². The summed E-state index contributed by atoms with van der Waals surface area (Å²) >= 11 is 1.64. The third kappa shape index (κ3) is 3.13. The third-order valence-corrected chi connectivity index (χ3v) is 3.21. The summed E-state index contributed by atoms with van der Waals surface area (Å²) < 4.78 is -0.137. The predicted molar refractivity (Wildman–Crippen MR) is 59.6 cm³/mol. The molecule has 0 aromatic heterocycles. The summed E-state index contributed by atoms with van der Waals surface area (Å²) in [7, 11) is 0. The molecule has 1 fully saturated rings. The zero-order valence-corrected chi connectivity index (χ0v) is 10.0. The molecular formula is C8H11IN2O4. The minimum absolute atomic E-state index is 0.0962. The van der Waals surface area contributed by atoms with Crippen LogP contribution in [0.4, 0.5) is 0 Å². The number of halogens is 1. The summed E-state index contributed by atoms with van der Waals surface area (Å²) in [5, 5.41) is 13.8. The number of amides is 1. The Morgan fingerprint density at radius 1 is 1.33 bits per heavy atom. The van der Waals surface area contributed by atoms with Gasteiger partial charge in [-0.2, -0.15) is 0 Å². The zero-order chi connectivity index (χ0) is 11.5. The molecule has 1 aliphatic rings. The van der Waals surface area contributed by atoms with Crippen molar-refractivity contribution >= 4 is 38.3 Å². The average Bonchev–Trinajstić information content (AvgIpc) is 2.07. The van der Waals surface area contributed by atoms with Gasteiger partial charge in [-0.3, -0.25) is 14.4 Å². The van der Waals surface area contributed by atoms with Crippen LogP contribution < -0.4 is 10.6 Å². The fraction of sp³-hybridized carbons (Fsp3) is 0.625. The second-order valence-electron chi connectivity index (χ2n) is 3.40. The number of hydrogen-bond acceptors (Lipinski definition) is 4. The van der Waals surface area contributed by atoms with Crippen LogP contribution in [0.1, 0.15) is 12.8 Å². The molecule has 15 heavy (non-hydrogen) atoms. The third-order valence-electron chi connectivity index (χ3n) is 2.17. The molecule has 7 heteroatoms. The fourth-order valence-electron chi connectivity index (χ4n) is 1.20. The van der Waals surface area contributed by atoms with E-state index in [1.54, 1.807) is 22.6 Å². The summed E-state index contributed by atoms with van der Waals surface area (Å²) in [4.78, 5) is 32.8. The van der Waals surface area contributed by atoms with Gasteiger partial charge in [-0.05, 0) is 0 Å². The van der Waals surface area contributed by atoms with Gasteiger partial charge < -0.3 is 15.7 Å². The molecule has 0 aromatic rings. The maximum absolute atomic E-state index is 11.3. The maximum atomic E-state index is 11.3.